The van der Waals surface area contributed by atoms with E-state index in [2.05, 4.69) is 5.32 Å². The molecule has 1 aliphatic rings. The van der Waals surface area contributed by atoms with Crippen molar-refractivity contribution in [3.8, 4) is 0 Å². The summed E-state index contributed by atoms with van der Waals surface area (Å²) in [6.07, 6.45) is 1.92. The molecule has 0 aromatic heterocycles. The fourth-order valence-corrected chi connectivity index (χ4v) is 3.57. The molecule has 9 heteroatoms. The molecule has 2 aromatic carbocycles. The van der Waals surface area contributed by atoms with Crippen LogP contribution < -0.4 is 10.2 Å². The van der Waals surface area contributed by atoms with Crippen molar-refractivity contribution in [2.45, 2.75) is 12.8 Å². The van der Waals surface area contributed by atoms with Crippen molar-refractivity contribution < 1.29 is 9.72 Å². The van der Waals surface area contributed by atoms with Crippen LogP contribution in [0.25, 0.3) is 0 Å². The molecular weight excluding hydrogens is 401 g/mol. The number of carbonyl (C=O) groups is 1. The first-order valence-corrected chi connectivity index (χ1v) is 8.99. The summed E-state index contributed by atoms with van der Waals surface area (Å²) in [5, 5.41) is 14.7. The van der Waals surface area contributed by atoms with Crippen LogP contribution in [-0.2, 0) is 0 Å². The van der Waals surface area contributed by atoms with Gasteiger partial charge in [-0.2, -0.15) is 0 Å². The third-order valence-electron chi connectivity index (χ3n) is 4.13. The van der Waals surface area contributed by atoms with Gasteiger partial charge in [0, 0.05) is 24.2 Å². The number of rotatable bonds is 4. The molecule has 136 valence electrons. The lowest BCUT2D eigenvalue weighted by Gasteiger charge is -2.19. The summed E-state index contributed by atoms with van der Waals surface area (Å²) in [5.74, 6) is -0.477. The van der Waals surface area contributed by atoms with Crippen molar-refractivity contribution in [2.75, 3.05) is 23.3 Å². The average Bonchev–Trinajstić information content (AvgIpc) is 3.10. The van der Waals surface area contributed by atoms with E-state index >= 15 is 0 Å². The number of nitro groups is 1. The highest BCUT2D eigenvalue weighted by atomic mass is 35.5. The summed E-state index contributed by atoms with van der Waals surface area (Å²) < 4.78 is 0. The number of hydrogen-bond donors (Lipinski definition) is 1. The molecule has 0 atom stereocenters. The SMILES string of the molecule is O=C(Nc1cc(N2CCCC2)c([N+](=O)[O-])cc1Cl)c1ccc(Cl)cc1Cl. The van der Waals surface area contributed by atoms with Gasteiger partial charge in [0.2, 0.25) is 0 Å². The largest absolute Gasteiger partial charge is 0.366 e. The normalized spacial score (nSPS) is 13.7. The maximum Gasteiger partial charge on any atom is 0.294 e. The number of nitro benzene ring substituents is 1. The van der Waals surface area contributed by atoms with Crippen LogP contribution in [0.1, 0.15) is 23.2 Å². The van der Waals surface area contributed by atoms with Gasteiger partial charge in [-0.05, 0) is 37.1 Å². The van der Waals surface area contributed by atoms with Gasteiger partial charge in [0.15, 0.2) is 0 Å². The number of nitrogens with one attached hydrogen (secondary N) is 1. The van der Waals surface area contributed by atoms with Crippen LogP contribution in [0.5, 0.6) is 0 Å². The molecule has 0 unspecified atom stereocenters. The van der Waals surface area contributed by atoms with Gasteiger partial charge >= 0.3 is 0 Å². The maximum absolute atomic E-state index is 12.5. The monoisotopic (exact) mass is 413 g/mol. The second-order valence-electron chi connectivity index (χ2n) is 5.85. The van der Waals surface area contributed by atoms with Crippen molar-refractivity contribution in [2.24, 2.45) is 0 Å². The Balaban J connectivity index is 1.95. The molecule has 1 aliphatic heterocycles. The van der Waals surface area contributed by atoms with Crippen molar-refractivity contribution in [1.29, 1.82) is 0 Å². The van der Waals surface area contributed by atoms with Crippen molar-refractivity contribution in [3.05, 3.63) is 61.1 Å². The second kappa shape index (κ2) is 7.70. The number of nitrogens with zero attached hydrogens (tertiary/aromatic N) is 2. The number of benzene rings is 2. The summed E-state index contributed by atoms with van der Waals surface area (Å²) in [4.78, 5) is 25.3. The predicted octanol–water partition coefficient (Wildman–Crippen LogP) is 5.41. The minimum atomic E-state index is -0.477. The van der Waals surface area contributed by atoms with E-state index in [1.54, 1.807) is 6.07 Å². The molecule has 1 fully saturated rings. The molecule has 6 nitrogen and oxygen atoms in total. The minimum absolute atomic E-state index is 0.0816. The third kappa shape index (κ3) is 3.87. The van der Waals surface area contributed by atoms with Crippen molar-refractivity contribution in [1.82, 2.24) is 0 Å². The zero-order valence-corrected chi connectivity index (χ0v) is 15.7. The first-order valence-electron chi connectivity index (χ1n) is 7.86. The summed E-state index contributed by atoms with van der Waals surface area (Å²) in [6.45, 7) is 1.44. The fourth-order valence-electron chi connectivity index (χ4n) is 2.87. The highest BCUT2D eigenvalue weighted by Crippen LogP contribution is 2.38. The summed E-state index contributed by atoms with van der Waals surface area (Å²) >= 11 is 18.1. The Morgan fingerprint density at radius 3 is 2.38 bits per heavy atom. The first-order chi connectivity index (χ1) is 12.4. The number of hydrogen-bond acceptors (Lipinski definition) is 4. The van der Waals surface area contributed by atoms with E-state index in [1.165, 1.54) is 24.3 Å². The Kier molecular flexibility index (Phi) is 5.55. The van der Waals surface area contributed by atoms with Crippen LogP contribution in [0.15, 0.2) is 30.3 Å². The van der Waals surface area contributed by atoms with Crippen LogP contribution in [-0.4, -0.2) is 23.9 Å². The highest BCUT2D eigenvalue weighted by Gasteiger charge is 2.25. The lowest BCUT2D eigenvalue weighted by Crippen LogP contribution is -2.20. The molecule has 0 saturated carbocycles. The lowest BCUT2D eigenvalue weighted by molar-refractivity contribution is -0.384. The Morgan fingerprint density at radius 1 is 1.08 bits per heavy atom. The fraction of sp³-hybridized carbons (Fsp3) is 0.235. The van der Waals surface area contributed by atoms with Gasteiger partial charge in [-0.1, -0.05) is 34.8 Å². The Bertz CT molecular complexity index is 883. The van der Waals surface area contributed by atoms with E-state index in [1.807, 2.05) is 4.90 Å². The van der Waals surface area contributed by atoms with Crippen molar-refractivity contribution >= 4 is 57.8 Å². The Morgan fingerprint density at radius 2 is 1.77 bits per heavy atom. The van der Waals surface area contributed by atoms with Crippen molar-refractivity contribution in [3.63, 3.8) is 0 Å². The number of anilines is 2. The predicted molar refractivity (Wildman–Crippen MR) is 104 cm³/mol. The van der Waals surface area contributed by atoms with E-state index in [0.29, 0.717) is 10.7 Å². The van der Waals surface area contributed by atoms with E-state index in [4.69, 9.17) is 34.8 Å². The summed E-state index contributed by atoms with van der Waals surface area (Å²) in [5.41, 5.74) is 0.872. The van der Waals surface area contributed by atoms with Crippen LogP contribution in [0.2, 0.25) is 15.1 Å². The molecule has 1 N–H and O–H groups in total. The van der Waals surface area contributed by atoms with E-state index in [9.17, 15) is 14.9 Å². The number of carbonyl (C=O) groups excluding carboxylic acids is 1. The molecule has 26 heavy (non-hydrogen) atoms. The highest BCUT2D eigenvalue weighted by molar-refractivity contribution is 6.38. The number of amides is 1. The standard InChI is InChI=1S/C17H14Cl3N3O3/c18-10-3-4-11(12(19)7-10)17(24)21-14-9-15(22-5-1-2-6-22)16(23(25)26)8-13(14)20/h3-4,7-9H,1-2,5-6H2,(H,21,24). The molecule has 2 aromatic rings. The molecule has 0 spiro atoms. The quantitative estimate of drug-likeness (QED) is 0.536. The maximum atomic E-state index is 12.5. The molecule has 1 heterocycles. The van der Waals surface area contributed by atoms with Crippen LogP contribution in [0.3, 0.4) is 0 Å². The van der Waals surface area contributed by atoms with Gasteiger partial charge in [-0.15, -0.1) is 0 Å². The average molecular weight is 415 g/mol. The van der Waals surface area contributed by atoms with E-state index < -0.39 is 10.8 Å². The summed E-state index contributed by atoms with van der Waals surface area (Å²) in [6, 6.07) is 7.31. The van der Waals surface area contributed by atoms with Gasteiger partial charge in [0.25, 0.3) is 11.6 Å². The van der Waals surface area contributed by atoms with Crippen LogP contribution in [0, 0.1) is 10.1 Å². The zero-order chi connectivity index (χ0) is 18.8. The molecule has 0 bridgehead atoms. The van der Waals surface area contributed by atoms with Crippen LogP contribution in [0.4, 0.5) is 17.1 Å². The second-order valence-corrected chi connectivity index (χ2v) is 7.10. The first kappa shape index (κ1) is 18.8. The minimum Gasteiger partial charge on any atom is -0.366 e. The third-order valence-corrected chi connectivity index (χ3v) is 4.99. The van der Waals surface area contributed by atoms with E-state index in [0.717, 1.165) is 25.9 Å². The van der Waals surface area contributed by atoms with Gasteiger partial charge in [0.05, 0.1) is 26.2 Å². The molecule has 0 radical (unpaired) electrons. The molecule has 1 amide bonds. The Hall–Kier alpha value is -2.02. The molecule has 1 saturated heterocycles. The van der Waals surface area contributed by atoms with Gasteiger partial charge in [-0.3, -0.25) is 14.9 Å². The lowest BCUT2D eigenvalue weighted by atomic mass is 10.2. The van der Waals surface area contributed by atoms with Crippen LogP contribution >= 0.6 is 34.8 Å². The summed E-state index contributed by atoms with van der Waals surface area (Å²) in [7, 11) is 0. The topological polar surface area (TPSA) is 75.5 Å². The molecule has 3 rings (SSSR count). The van der Waals surface area contributed by atoms with E-state index in [-0.39, 0.29) is 27.0 Å². The molecule has 0 aliphatic carbocycles. The van der Waals surface area contributed by atoms with Gasteiger partial charge in [0.1, 0.15) is 5.69 Å². The Labute approximate surface area is 164 Å². The van der Waals surface area contributed by atoms with Gasteiger partial charge < -0.3 is 10.2 Å². The zero-order valence-electron chi connectivity index (χ0n) is 13.5. The number of halogens is 3. The molecular formula is C17H14Cl3N3O3. The van der Waals surface area contributed by atoms with Gasteiger partial charge in [-0.25, -0.2) is 0 Å². The smallest absolute Gasteiger partial charge is 0.294 e.